The second-order valence-corrected chi connectivity index (χ2v) is 7.54. The Bertz CT molecular complexity index is 637. The van der Waals surface area contributed by atoms with Gasteiger partial charge in [-0.3, -0.25) is 9.59 Å². The monoisotopic (exact) mass is 311 g/mol. The third-order valence-corrected chi connectivity index (χ3v) is 4.83. The van der Waals surface area contributed by atoms with Crippen LogP contribution in [0.15, 0.2) is 41.6 Å². The number of carbonyl (C=O) groups is 2. The molecule has 0 bridgehead atoms. The molecule has 3 heteroatoms. The van der Waals surface area contributed by atoms with Crippen molar-refractivity contribution in [3.63, 3.8) is 0 Å². The highest BCUT2D eigenvalue weighted by Crippen LogP contribution is 2.39. The zero-order valence-electron chi connectivity index (χ0n) is 14.1. The predicted molar refractivity (Wildman–Crippen MR) is 91.0 cm³/mol. The second-order valence-electron chi connectivity index (χ2n) is 7.54. The van der Waals surface area contributed by atoms with E-state index in [1.165, 1.54) is 0 Å². The number of likely N-dealkylation sites (tertiary alicyclic amines) is 1. The van der Waals surface area contributed by atoms with Crippen LogP contribution in [0.2, 0.25) is 0 Å². The van der Waals surface area contributed by atoms with E-state index in [4.69, 9.17) is 0 Å². The number of benzene rings is 1. The molecule has 1 heterocycles. The van der Waals surface area contributed by atoms with Crippen LogP contribution in [0, 0.1) is 5.41 Å². The molecule has 0 N–H and O–H groups in total. The number of allylic oxidation sites excluding steroid dienone is 2. The van der Waals surface area contributed by atoms with Gasteiger partial charge in [-0.15, -0.1) is 0 Å². The van der Waals surface area contributed by atoms with Gasteiger partial charge in [0, 0.05) is 31.6 Å². The Labute approximate surface area is 138 Å². The molecule has 0 saturated carbocycles. The van der Waals surface area contributed by atoms with Crippen LogP contribution >= 0.6 is 0 Å². The molecule has 0 atom stereocenters. The summed E-state index contributed by atoms with van der Waals surface area (Å²) in [5.41, 5.74) is 2.41. The maximum Gasteiger partial charge on any atom is 0.172 e. The van der Waals surface area contributed by atoms with Crippen molar-refractivity contribution in [2.24, 2.45) is 5.41 Å². The number of rotatable bonds is 4. The molecule has 1 saturated heterocycles. The first-order valence-corrected chi connectivity index (χ1v) is 8.55. The molecule has 1 aromatic carbocycles. The minimum Gasteiger partial charge on any atom is -0.374 e. The summed E-state index contributed by atoms with van der Waals surface area (Å²) in [5, 5.41) is 0. The molecular weight excluding hydrogens is 286 g/mol. The molecular formula is C20H25NO2. The van der Waals surface area contributed by atoms with Crippen LogP contribution in [-0.4, -0.2) is 29.6 Å². The van der Waals surface area contributed by atoms with Gasteiger partial charge in [0.05, 0.1) is 5.57 Å². The standard InChI is InChI=1S/C20H25NO2/c1-20(2)13-16(21-10-6-7-11-21)19(18(23)14-20)17(22)12-15-8-4-3-5-9-15/h3-5,8-9H,6-7,10-14H2,1-2H3. The number of hydrogen-bond donors (Lipinski definition) is 0. The van der Waals surface area contributed by atoms with E-state index in [1.54, 1.807) is 0 Å². The highest BCUT2D eigenvalue weighted by atomic mass is 16.1. The second kappa shape index (κ2) is 6.31. The van der Waals surface area contributed by atoms with Crippen molar-refractivity contribution in [3.8, 4) is 0 Å². The Morgan fingerprint density at radius 2 is 1.74 bits per heavy atom. The van der Waals surface area contributed by atoms with E-state index in [1.807, 2.05) is 30.3 Å². The van der Waals surface area contributed by atoms with Gasteiger partial charge in [-0.1, -0.05) is 44.2 Å². The van der Waals surface area contributed by atoms with E-state index in [-0.39, 0.29) is 17.0 Å². The molecule has 3 nitrogen and oxygen atoms in total. The van der Waals surface area contributed by atoms with Gasteiger partial charge in [0.15, 0.2) is 11.6 Å². The van der Waals surface area contributed by atoms with Crippen molar-refractivity contribution < 1.29 is 9.59 Å². The van der Waals surface area contributed by atoms with Gasteiger partial charge < -0.3 is 4.90 Å². The van der Waals surface area contributed by atoms with E-state index in [2.05, 4.69) is 18.7 Å². The molecule has 0 aromatic heterocycles. The van der Waals surface area contributed by atoms with Gasteiger partial charge in [0.1, 0.15) is 0 Å². The van der Waals surface area contributed by atoms with Gasteiger partial charge in [-0.05, 0) is 30.2 Å². The summed E-state index contributed by atoms with van der Waals surface area (Å²) in [4.78, 5) is 27.8. The van der Waals surface area contributed by atoms with Gasteiger partial charge in [-0.25, -0.2) is 0 Å². The van der Waals surface area contributed by atoms with Gasteiger partial charge in [0.25, 0.3) is 0 Å². The maximum absolute atomic E-state index is 12.9. The molecule has 3 rings (SSSR count). The molecule has 1 fully saturated rings. The van der Waals surface area contributed by atoms with Crippen LogP contribution in [0.25, 0.3) is 0 Å². The normalized spacial score (nSPS) is 21.0. The molecule has 1 aromatic rings. The van der Waals surface area contributed by atoms with E-state index in [0.717, 1.165) is 43.6 Å². The van der Waals surface area contributed by atoms with E-state index in [0.29, 0.717) is 18.4 Å². The Hall–Kier alpha value is -1.90. The number of Topliss-reactive ketones (excluding diaryl/α,β-unsaturated/α-hetero) is 2. The first-order chi connectivity index (χ1) is 11.0. The smallest absolute Gasteiger partial charge is 0.172 e. The lowest BCUT2D eigenvalue weighted by Gasteiger charge is -2.36. The Morgan fingerprint density at radius 3 is 2.39 bits per heavy atom. The molecule has 2 aliphatic rings. The van der Waals surface area contributed by atoms with Crippen molar-refractivity contribution >= 4 is 11.6 Å². The lowest BCUT2D eigenvalue weighted by Crippen LogP contribution is -2.35. The van der Waals surface area contributed by atoms with Crippen LogP contribution in [0.4, 0.5) is 0 Å². The van der Waals surface area contributed by atoms with E-state index in [9.17, 15) is 9.59 Å². The largest absolute Gasteiger partial charge is 0.374 e. The fraction of sp³-hybridized carbons (Fsp3) is 0.500. The number of ketones is 2. The fourth-order valence-electron chi connectivity index (χ4n) is 3.73. The molecule has 0 radical (unpaired) electrons. The number of carbonyl (C=O) groups excluding carboxylic acids is 2. The average molecular weight is 311 g/mol. The van der Waals surface area contributed by atoms with Crippen LogP contribution in [0.5, 0.6) is 0 Å². The quantitative estimate of drug-likeness (QED) is 0.798. The molecule has 0 unspecified atom stereocenters. The predicted octanol–water partition coefficient (Wildman–Crippen LogP) is 3.54. The van der Waals surface area contributed by atoms with Gasteiger partial charge >= 0.3 is 0 Å². The number of hydrogen-bond acceptors (Lipinski definition) is 3. The summed E-state index contributed by atoms with van der Waals surface area (Å²) in [7, 11) is 0. The zero-order valence-corrected chi connectivity index (χ0v) is 14.1. The first kappa shape index (κ1) is 16.0. The van der Waals surface area contributed by atoms with Gasteiger partial charge in [-0.2, -0.15) is 0 Å². The molecule has 1 aliphatic carbocycles. The fourth-order valence-corrected chi connectivity index (χ4v) is 3.73. The van der Waals surface area contributed by atoms with Gasteiger partial charge in [0.2, 0.25) is 0 Å². The summed E-state index contributed by atoms with van der Waals surface area (Å²) >= 11 is 0. The summed E-state index contributed by atoms with van der Waals surface area (Å²) in [6, 6.07) is 9.71. The lowest BCUT2D eigenvalue weighted by molar-refractivity contribution is -0.123. The summed E-state index contributed by atoms with van der Waals surface area (Å²) < 4.78 is 0. The summed E-state index contributed by atoms with van der Waals surface area (Å²) in [6.45, 7) is 6.19. The average Bonchev–Trinajstić information content (AvgIpc) is 3.00. The molecule has 0 spiro atoms. The van der Waals surface area contributed by atoms with Crippen LogP contribution in [0.1, 0.15) is 45.1 Å². The van der Waals surface area contributed by atoms with Crippen molar-refractivity contribution in [3.05, 3.63) is 47.2 Å². The highest BCUT2D eigenvalue weighted by Gasteiger charge is 2.38. The van der Waals surface area contributed by atoms with Crippen molar-refractivity contribution in [1.82, 2.24) is 4.90 Å². The minimum absolute atomic E-state index is 0.0152. The molecule has 0 amide bonds. The third-order valence-electron chi connectivity index (χ3n) is 4.83. The third kappa shape index (κ3) is 3.54. The molecule has 122 valence electrons. The van der Waals surface area contributed by atoms with Crippen molar-refractivity contribution in [1.29, 1.82) is 0 Å². The Morgan fingerprint density at radius 1 is 1.09 bits per heavy atom. The maximum atomic E-state index is 12.9. The number of nitrogens with zero attached hydrogens (tertiary/aromatic N) is 1. The SMILES string of the molecule is CC1(C)CC(=O)C(C(=O)Cc2ccccc2)=C(N2CCCC2)C1. The summed E-state index contributed by atoms with van der Waals surface area (Å²) in [5.74, 6) is 0.0164. The topological polar surface area (TPSA) is 37.4 Å². The highest BCUT2D eigenvalue weighted by molar-refractivity contribution is 6.21. The van der Waals surface area contributed by atoms with Crippen LogP contribution < -0.4 is 0 Å². The zero-order chi connectivity index (χ0) is 16.4. The van der Waals surface area contributed by atoms with Crippen molar-refractivity contribution in [2.75, 3.05) is 13.1 Å². The van der Waals surface area contributed by atoms with Crippen LogP contribution in [0.3, 0.4) is 0 Å². The Kier molecular flexibility index (Phi) is 4.38. The van der Waals surface area contributed by atoms with E-state index >= 15 is 0 Å². The first-order valence-electron chi connectivity index (χ1n) is 8.55. The molecule has 1 aliphatic heterocycles. The minimum atomic E-state index is -0.0501. The lowest BCUT2D eigenvalue weighted by atomic mass is 9.74. The molecule has 23 heavy (non-hydrogen) atoms. The Balaban J connectivity index is 1.93. The van der Waals surface area contributed by atoms with Crippen LogP contribution in [-0.2, 0) is 16.0 Å². The van der Waals surface area contributed by atoms with Crippen molar-refractivity contribution in [2.45, 2.75) is 46.0 Å². The van der Waals surface area contributed by atoms with E-state index < -0.39 is 0 Å². The summed E-state index contributed by atoms with van der Waals surface area (Å²) in [6.07, 6.45) is 3.92.